The molecule has 1 amide bonds. The normalized spacial score (nSPS) is 19.8. The van der Waals surface area contributed by atoms with Crippen LogP contribution in [0.1, 0.15) is 53.4 Å². The summed E-state index contributed by atoms with van der Waals surface area (Å²) in [7, 11) is 1.79. The number of allylic oxidation sites excluding steroid dienone is 2. The summed E-state index contributed by atoms with van der Waals surface area (Å²) in [5.74, 6) is 0.106. The molecule has 0 saturated heterocycles. The molecule has 19 heavy (non-hydrogen) atoms. The van der Waals surface area contributed by atoms with E-state index in [1.165, 1.54) is 5.57 Å². The van der Waals surface area contributed by atoms with Crippen molar-refractivity contribution in [2.75, 3.05) is 7.05 Å². The zero-order chi connectivity index (χ0) is 14.6. The van der Waals surface area contributed by atoms with Gasteiger partial charge in [0, 0.05) is 13.1 Å². The lowest BCUT2D eigenvalue weighted by Crippen LogP contribution is -2.41. The van der Waals surface area contributed by atoms with E-state index >= 15 is 0 Å². The number of carbonyl (C=O) groups excluding carboxylic acids is 2. The van der Waals surface area contributed by atoms with Crippen molar-refractivity contribution in [2.24, 2.45) is 0 Å². The minimum Gasteiger partial charge on any atom is -0.444 e. The first-order valence-electron chi connectivity index (χ1n) is 6.85. The largest absolute Gasteiger partial charge is 0.444 e. The van der Waals surface area contributed by atoms with Crippen molar-refractivity contribution in [2.45, 2.75) is 65.0 Å². The maximum absolute atomic E-state index is 12.0. The van der Waals surface area contributed by atoms with Gasteiger partial charge in [-0.25, -0.2) is 4.79 Å². The number of amides is 1. The number of ether oxygens (including phenoxy) is 1. The lowest BCUT2D eigenvalue weighted by molar-refractivity contribution is -0.112. The zero-order valence-electron chi connectivity index (χ0n) is 12.7. The minimum absolute atomic E-state index is 0.106. The molecule has 4 nitrogen and oxygen atoms in total. The van der Waals surface area contributed by atoms with E-state index in [0.29, 0.717) is 0 Å². The highest BCUT2D eigenvalue weighted by atomic mass is 16.6. The molecular weight excluding hydrogens is 242 g/mol. The van der Waals surface area contributed by atoms with Crippen molar-refractivity contribution < 1.29 is 14.3 Å². The molecule has 0 radical (unpaired) electrons. The Morgan fingerprint density at radius 2 is 1.79 bits per heavy atom. The zero-order valence-corrected chi connectivity index (χ0v) is 12.7. The van der Waals surface area contributed by atoms with E-state index in [4.69, 9.17) is 4.74 Å². The summed E-state index contributed by atoms with van der Waals surface area (Å²) in [6.45, 7) is 7.18. The summed E-state index contributed by atoms with van der Waals surface area (Å²) in [5, 5.41) is 0. The van der Waals surface area contributed by atoms with Gasteiger partial charge in [0.15, 0.2) is 5.78 Å². The molecule has 1 saturated carbocycles. The van der Waals surface area contributed by atoms with Crippen molar-refractivity contribution in [3.05, 3.63) is 11.6 Å². The van der Waals surface area contributed by atoms with E-state index in [1.54, 1.807) is 24.9 Å². The second-order valence-electron chi connectivity index (χ2n) is 6.24. The molecule has 1 aliphatic carbocycles. The minimum atomic E-state index is -0.459. The molecule has 108 valence electrons. The van der Waals surface area contributed by atoms with Gasteiger partial charge in [0.25, 0.3) is 0 Å². The first kappa shape index (κ1) is 15.7. The summed E-state index contributed by atoms with van der Waals surface area (Å²) >= 11 is 0. The maximum atomic E-state index is 12.0. The molecule has 1 rings (SSSR count). The number of hydrogen-bond donors (Lipinski definition) is 0. The average Bonchev–Trinajstić information content (AvgIpc) is 2.26. The Morgan fingerprint density at radius 1 is 1.26 bits per heavy atom. The van der Waals surface area contributed by atoms with Gasteiger partial charge in [-0.3, -0.25) is 4.79 Å². The van der Waals surface area contributed by atoms with Crippen LogP contribution < -0.4 is 0 Å². The predicted octanol–water partition coefficient (Wildman–Crippen LogP) is 3.31. The van der Waals surface area contributed by atoms with Crippen molar-refractivity contribution in [1.29, 1.82) is 0 Å². The Hall–Kier alpha value is -1.32. The Kier molecular flexibility index (Phi) is 5.15. The number of nitrogens with zero attached hydrogens (tertiary/aromatic N) is 1. The molecule has 0 aromatic heterocycles. The highest BCUT2D eigenvalue weighted by Crippen LogP contribution is 2.27. The fraction of sp³-hybridized carbons (Fsp3) is 0.733. The Morgan fingerprint density at radius 3 is 2.21 bits per heavy atom. The third-order valence-electron chi connectivity index (χ3n) is 3.23. The lowest BCUT2D eigenvalue weighted by Gasteiger charge is -2.33. The van der Waals surface area contributed by atoms with Crippen LogP contribution in [0, 0.1) is 0 Å². The van der Waals surface area contributed by atoms with E-state index in [2.05, 4.69) is 0 Å². The smallest absolute Gasteiger partial charge is 0.410 e. The van der Waals surface area contributed by atoms with Crippen molar-refractivity contribution in [1.82, 2.24) is 4.90 Å². The molecule has 1 aliphatic rings. The monoisotopic (exact) mass is 267 g/mol. The Bertz CT molecular complexity index is 369. The van der Waals surface area contributed by atoms with Crippen LogP contribution in [0.3, 0.4) is 0 Å². The van der Waals surface area contributed by atoms with Crippen LogP contribution >= 0.6 is 0 Å². The summed E-state index contributed by atoms with van der Waals surface area (Å²) in [6, 6.07) is 0.207. The fourth-order valence-electron chi connectivity index (χ4n) is 2.28. The van der Waals surface area contributed by atoms with E-state index in [0.717, 1.165) is 25.7 Å². The van der Waals surface area contributed by atoms with Gasteiger partial charge >= 0.3 is 6.09 Å². The standard InChI is InChI=1S/C15H25NO3/c1-11(17)10-12-6-8-13(9-7-12)16(5)14(18)19-15(2,3)4/h10,13H,6-9H2,1-5H3. The van der Waals surface area contributed by atoms with Gasteiger partial charge in [0.2, 0.25) is 0 Å². The molecule has 1 fully saturated rings. The second kappa shape index (κ2) is 6.22. The topological polar surface area (TPSA) is 46.6 Å². The van der Waals surface area contributed by atoms with Crippen molar-refractivity contribution in [3.63, 3.8) is 0 Å². The molecule has 0 aromatic carbocycles. The maximum Gasteiger partial charge on any atom is 0.410 e. The van der Waals surface area contributed by atoms with Crippen LogP contribution in [0.2, 0.25) is 0 Å². The summed E-state index contributed by atoms with van der Waals surface area (Å²) in [4.78, 5) is 24.7. The van der Waals surface area contributed by atoms with Gasteiger partial charge in [0.05, 0.1) is 0 Å². The van der Waals surface area contributed by atoms with Gasteiger partial charge in [-0.15, -0.1) is 0 Å². The predicted molar refractivity (Wildman–Crippen MR) is 75.0 cm³/mol. The number of hydrogen-bond acceptors (Lipinski definition) is 3. The molecule has 0 aromatic rings. The summed E-state index contributed by atoms with van der Waals surface area (Å²) in [6.07, 6.45) is 5.03. The van der Waals surface area contributed by atoms with Gasteiger partial charge in [-0.2, -0.15) is 0 Å². The first-order chi connectivity index (χ1) is 8.69. The lowest BCUT2D eigenvalue weighted by atomic mass is 9.89. The van der Waals surface area contributed by atoms with Gasteiger partial charge in [0.1, 0.15) is 5.60 Å². The fourth-order valence-corrected chi connectivity index (χ4v) is 2.28. The van der Waals surface area contributed by atoms with Gasteiger partial charge in [-0.1, -0.05) is 5.57 Å². The third-order valence-corrected chi connectivity index (χ3v) is 3.23. The summed E-state index contributed by atoms with van der Waals surface area (Å²) < 4.78 is 5.36. The number of rotatable bonds is 2. The number of ketones is 1. The summed E-state index contributed by atoms with van der Waals surface area (Å²) in [5.41, 5.74) is 0.737. The SMILES string of the molecule is CC(=O)C=C1CCC(N(C)C(=O)OC(C)(C)C)CC1. The quantitative estimate of drug-likeness (QED) is 0.721. The van der Waals surface area contributed by atoms with Crippen LogP contribution in [-0.2, 0) is 9.53 Å². The van der Waals surface area contributed by atoms with Crippen LogP contribution in [0.25, 0.3) is 0 Å². The van der Waals surface area contributed by atoms with Gasteiger partial charge < -0.3 is 9.64 Å². The molecule has 0 unspecified atom stereocenters. The van der Waals surface area contributed by atoms with Crippen LogP contribution in [-0.4, -0.2) is 35.5 Å². The second-order valence-corrected chi connectivity index (χ2v) is 6.24. The van der Waals surface area contributed by atoms with E-state index in [9.17, 15) is 9.59 Å². The molecule has 0 heterocycles. The Balaban J connectivity index is 2.51. The van der Waals surface area contributed by atoms with Crippen LogP contribution in [0.15, 0.2) is 11.6 Å². The molecular formula is C15H25NO3. The van der Waals surface area contributed by atoms with E-state index in [1.807, 2.05) is 20.8 Å². The highest BCUT2D eigenvalue weighted by molar-refractivity contribution is 5.87. The van der Waals surface area contributed by atoms with Gasteiger partial charge in [-0.05, 0) is 59.5 Å². The Labute approximate surface area is 115 Å². The molecule has 0 N–H and O–H groups in total. The first-order valence-corrected chi connectivity index (χ1v) is 6.85. The molecule has 4 heteroatoms. The van der Waals surface area contributed by atoms with Crippen LogP contribution in [0.4, 0.5) is 4.79 Å². The molecule has 0 atom stereocenters. The van der Waals surface area contributed by atoms with E-state index in [-0.39, 0.29) is 17.9 Å². The van der Waals surface area contributed by atoms with E-state index < -0.39 is 5.60 Å². The number of carbonyl (C=O) groups is 2. The molecule has 0 aliphatic heterocycles. The molecule has 0 bridgehead atoms. The third kappa shape index (κ3) is 5.45. The molecule has 0 spiro atoms. The van der Waals surface area contributed by atoms with Crippen molar-refractivity contribution >= 4 is 11.9 Å². The van der Waals surface area contributed by atoms with Crippen LogP contribution in [0.5, 0.6) is 0 Å². The average molecular weight is 267 g/mol. The highest BCUT2D eigenvalue weighted by Gasteiger charge is 2.27. The van der Waals surface area contributed by atoms with Crippen molar-refractivity contribution in [3.8, 4) is 0 Å².